The predicted molar refractivity (Wildman–Crippen MR) is 313 cm³/mol. The highest BCUT2D eigenvalue weighted by atomic mass is 32.1. The van der Waals surface area contributed by atoms with Crippen molar-refractivity contribution in [1.82, 2.24) is 40.0 Å². The lowest BCUT2D eigenvalue weighted by molar-refractivity contribution is -0.144. The van der Waals surface area contributed by atoms with Gasteiger partial charge in [-0.3, -0.25) is 24.6 Å². The van der Waals surface area contributed by atoms with Crippen LogP contribution in [0.4, 0.5) is 0 Å². The summed E-state index contributed by atoms with van der Waals surface area (Å²) in [4.78, 5) is 65.6. The van der Waals surface area contributed by atoms with Crippen LogP contribution < -0.4 is 21.4 Å². The van der Waals surface area contributed by atoms with Gasteiger partial charge in [0.1, 0.15) is 23.2 Å². The quantitative estimate of drug-likeness (QED) is 0.0339. The molecule has 4 amide bonds. The molecular formula is C64H73N9O6S. The number of benzene rings is 4. The number of fused-ring (bicyclic) bond motifs is 1. The van der Waals surface area contributed by atoms with E-state index in [1.807, 2.05) is 117 Å². The van der Waals surface area contributed by atoms with Gasteiger partial charge in [-0.15, -0.1) is 11.3 Å². The molecule has 7 aromatic rings. The van der Waals surface area contributed by atoms with E-state index in [0.717, 1.165) is 85.5 Å². The third-order valence-electron chi connectivity index (χ3n) is 15.3. The fourth-order valence-corrected chi connectivity index (χ4v) is 11.8. The predicted octanol–water partition coefficient (Wildman–Crippen LogP) is 9.22. The minimum absolute atomic E-state index is 0.0152. The van der Waals surface area contributed by atoms with E-state index in [4.69, 9.17) is 4.98 Å². The second-order valence-electron chi connectivity index (χ2n) is 22.3. The molecule has 2 fully saturated rings. The van der Waals surface area contributed by atoms with Gasteiger partial charge in [0.15, 0.2) is 0 Å². The molecule has 1 aliphatic heterocycles. The number of likely N-dealkylation sites (tertiary alicyclic amines) is 1. The van der Waals surface area contributed by atoms with Gasteiger partial charge in [-0.25, -0.2) is 9.97 Å². The highest BCUT2D eigenvalue weighted by molar-refractivity contribution is 7.13. The molecule has 80 heavy (non-hydrogen) atoms. The summed E-state index contributed by atoms with van der Waals surface area (Å²) < 4.78 is 4.23. The number of thiazole rings is 1. The summed E-state index contributed by atoms with van der Waals surface area (Å²) >= 11 is 1.57. The van der Waals surface area contributed by atoms with Crippen LogP contribution in [-0.2, 0) is 32.3 Å². The molecule has 0 bridgehead atoms. The third-order valence-corrected chi connectivity index (χ3v) is 16.3. The highest BCUT2D eigenvalue weighted by Crippen LogP contribution is 2.40. The van der Waals surface area contributed by atoms with Gasteiger partial charge in [-0.1, -0.05) is 130 Å². The molecule has 3 atom stereocenters. The molecule has 4 heterocycles. The summed E-state index contributed by atoms with van der Waals surface area (Å²) in [7, 11) is 0. The minimum atomic E-state index is -0.944. The summed E-state index contributed by atoms with van der Waals surface area (Å²) in [5, 5.41) is 40.2. The van der Waals surface area contributed by atoms with E-state index >= 15 is 0 Å². The molecule has 15 nitrogen and oxygen atoms in total. The molecule has 416 valence electrons. The first-order valence-corrected chi connectivity index (χ1v) is 28.9. The maximum atomic E-state index is 14.1. The smallest absolute Gasteiger partial charge is 0.246 e. The van der Waals surface area contributed by atoms with Crippen molar-refractivity contribution in [2.24, 2.45) is 5.41 Å². The van der Waals surface area contributed by atoms with Gasteiger partial charge in [0.25, 0.3) is 0 Å². The lowest BCUT2D eigenvalue weighted by atomic mass is 9.85. The van der Waals surface area contributed by atoms with E-state index in [9.17, 15) is 34.8 Å². The van der Waals surface area contributed by atoms with Crippen LogP contribution in [0.1, 0.15) is 120 Å². The summed E-state index contributed by atoms with van der Waals surface area (Å²) in [6.07, 6.45) is 6.55. The number of carbonyl (C=O) groups excluding carboxylic acids is 4. The third kappa shape index (κ3) is 13.8. The van der Waals surface area contributed by atoms with E-state index in [1.54, 1.807) is 11.3 Å². The first kappa shape index (κ1) is 57.0. The van der Waals surface area contributed by atoms with Crippen LogP contribution in [0.2, 0.25) is 0 Å². The van der Waals surface area contributed by atoms with Crippen LogP contribution in [0.25, 0.3) is 43.9 Å². The van der Waals surface area contributed by atoms with Gasteiger partial charge in [0.2, 0.25) is 23.6 Å². The van der Waals surface area contributed by atoms with Crippen LogP contribution in [0.15, 0.2) is 121 Å². The molecule has 0 unspecified atom stereocenters. The van der Waals surface area contributed by atoms with Crippen LogP contribution >= 0.6 is 11.3 Å². The number of carbonyl (C=O) groups is 4. The molecule has 3 aromatic heterocycles. The fourth-order valence-electron chi connectivity index (χ4n) is 11.0. The Morgan fingerprint density at radius 1 is 0.787 bits per heavy atom. The zero-order valence-corrected chi connectivity index (χ0v) is 47.0. The average Bonchev–Trinajstić information content (AvgIpc) is 4.20. The number of nitrogens with one attached hydrogen (secondary N) is 4. The van der Waals surface area contributed by atoms with E-state index in [0.29, 0.717) is 57.1 Å². The van der Waals surface area contributed by atoms with Gasteiger partial charge in [-0.05, 0) is 97.2 Å². The zero-order chi connectivity index (χ0) is 56.3. The summed E-state index contributed by atoms with van der Waals surface area (Å²) in [6.45, 7) is 8.56. The minimum Gasteiger partial charge on any atom is -0.393 e. The van der Waals surface area contributed by atoms with Gasteiger partial charge >= 0.3 is 0 Å². The van der Waals surface area contributed by atoms with E-state index in [1.165, 1.54) is 4.90 Å². The number of amides is 4. The second kappa shape index (κ2) is 26.0. The first-order valence-electron chi connectivity index (χ1n) is 28.0. The van der Waals surface area contributed by atoms with Gasteiger partial charge in [0.05, 0.1) is 45.7 Å². The number of nitrogens with zero attached hydrogens (tertiary/aromatic N) is 5. The Hall–Kier alpha value is -7.71. The van der Waals surface area contributed by atoms with Crippen molar-refractivity contribution in [2.45, 2.75) is 142 Å². The van der Waals surface area contributed by atoms with Crippen LogP contribution in [0, 0.1) is 29.6 Å². The normalized spacial score (nSPS) is 17.6. The van der Waals surface area contributed by atoms with E-state index < -0.39 is 29.5 Å². The van der Waals surface area contributed by atoms with Crippen molar-refractivity contribution in [1.29, 1.82) is 5.41 Å². The topological polar surface area (TPSA) is 208 Å². The molecule has 0 radical (unpaired) electrons. The Labute approximate surface area is 472 Å². The number of aliphatic hydroxyl groups is 2. The van der Waals surface area contributed by atoms with Crippen molar-refractivity contribution in [2.75, 3.05) is 13.1 Å². The van der Waals surface area contributed by atoms with Crippen molar-refractivity contribution in [3.05, 3.63) is 149 Å². The molecular weight excluding hydrogens is 1020 g/mol. The number of hydrogen-bond acceptors (Lipinski definition) is 10. The number of aryl methyl sites for hydroxylation is 1. The van der Waals surface area contributed by atoms with Crippen molar-refractivity contribution in [3.63, 3.8) is 0 Å². The number of hydrogen-bond donors (Lipinski definition) is 6. The van der Waals surface area contributed by atoms with Crippen LogP contribution in [0.3, 0.4) is 0 Å². The van der Waals surface area contributed by atoms with Crippen molar-refractivity contribution >= 4 is 46.0 Å². The van der Waals surface area contributed by atoms with Crippen LogP contribution in [0.5, 0.6) is 0 Å². The summed E-state index contributed by atoms with van der Waals surface area (Å²) in [6, 6.07) is 34.9. The largest absolute Gasteiger partial charge is 0.393 e. The lowest BCUT2D eigenvalue weighted by Gasteiger charge is -2.35. The molecule has 2 aliphatic rings. The Morgan fingerprint density at radius 3 is 2.20 bits per heavy atom. The van der Waals surface area contributed by atoms with E-state index in [-0.39, 0.29) is 55.8 Å². The maximum absolute atomic E-state index is 14.1. The number of β-amino-alcohol motifs (C(OH)–C–C–N with tert-alkyl or cyclic N) is 1. The molecule has 0 spiro atoms. The number of aliphatic hydroxyl groups excluding tert-OH is 2. The highest BCUT2D eigenvalue weighted by Gasteiger charge is 2.44. The maximum Gasteiger partial charge on any atom is 0.246 e. The summed E-state index contributed by atoms with van der Waals surface area (Å²) in [5.41, 5.74) is 11.1. The SMILES string of the molecule is Cc1ncsc1-c1ccc(CNC(=O)[C@@H]2C[C@@H](O)CN2C(=O)[C@@H](NC(=O)CCCNC(=O)CCCCC#Cc2cccc(Cn3c(-c4ccccc4)c(-c4ccccc4)c4c(=N)n(C5CCC(O)CC5)cnc43)c2)C(C)(C)C)cc1. The second-order valence-corrected chi connectivity index (χ2v) is 23.2. The standard InChI is InChI=1S/C64H73N9O6S/c1-42-58(80-41-69-42)48-28-26-44(27-29-48)37-67-62(78)52-36-51(75)39-71(52)63(79)59(64(2,3)4)70-54(77)25-16-34-66-53(76)24-14-6-5-9-17-43-18-15-19-45(35-43)38-72-57(47-22-12-8-13-23-47)55(46-20-10-7-11-21-46)56-60(65)73(40-68-61(56)72)49-30-32-50(74)33-31-49/h7-8,10-13,15,18-23,26-29,35,40-41,49-52,59,65,74-75H,5-6,14,16,24-25,30-34,36-39H2,1-4H3,(H,66,76)(H,67,78)(H,70,77)/t49?,50?,51-,52+,59-/m1/s1. The zero-order valence-electron chi connectivity index (χ0n) is 46.2. The van der Waals surface area contributed by atoms with E-state index in [2.05, 4.69) is 73.7 Å². The monoisotopic (exact) mass is 1100 g/mol. The molecule has 1 saturated heterocycles. The number of aromatic nitrogens is 4. The first-order chi connectivity index (χ1) is 38.6. The average molecular weight is 1100 g/mol. The Bertz CT molecular complexity index is 3420. The summed E-state index contributed by atoms with van der Waals surface area (Å²) in [5.74, 6) is 5.40. The van der Waals surface area contributed by atoms with Crippen molar-refractivity contribution < 1.29 is 29.4 Å². The molecule has 1 saturated carbocycles. The Balaban J connectivity index is 0.746. The molecule has 4 aromatic carbocycles. The fraction of sp³-hybridized carbons (Fsp3) is 0.391. The Kier molecular flexibility index (Phi) is 18.6. The number of rotatable bonds is 19. The lowest BCUT2D eigenvalue weighted by Crippen LogP contribution is -2.57. The molecule has 6 N–H and O–H groups in total. The van der Waals surface area contributed by atoms with Gasteiger partial charge in [0, 0.05) is 69.0 Å². The van der Waals surface area contributed by atoms with Crippen molar-refractivity contribution in [3.8, 4) is 44.7 Å². The van der Waals surface area contributed by atoms with Gasteiger partial charge in [-0.2, -0.15) is 0 Å². The van der Waals surface area contributed by atoms with Crippen LogP contribution in [-0.4, -0.2) is 95.2 Å². The molecule has 1 aliphatic carbocycles. The van der Waals surface area contributed by atoms with Gasteiger partial charge < -0.3 is 40.2 Å². The Morgan fingerprint density at radius 2 is 1.50 bits per heavy atom. The molecule has 9 rings (SSSR count). The number of unbranched alkanes of at least 4 members (excludes halogenated alkanes) is 2. The molecule has 16 heteroatoms.